The van der Waals surface area contributed by atoms with Crippen LogP contribution in [0.4, 0.5) is 0 Å². The van der Waals surface area contributed by atoms with Crippen LogP contribution in [-0.4, -0.2) is 32.9 Å². The van der Waals surface area contributed by atoms with Crippen LogP contribution in [0.3, 0.4) is 0 Å². The van der Waals surface area contributed by atoms with E-state index in [2.05, 4.69) is 12.2 Å². The summed E-state index contributed by atoms with van der Waals surface area (Å²) < 4.78 is 26.1. The third kappa shape index (κ3) is 4.78. The Kier molecular flexibility index (Phi) is 6.62. The minimum Gasteiger partial charge on any atom is -0.310 e. The fraction of sp³-hybridized carbons (Fsp3) is 0.667. The van der Waals surface area contributed by atoms with Crippen LogP contribution in [0.25, 0.3) is 0 Å². The lowest BCUT2D eigenvalue weighted by Gasteiger charge is -2.29. The van der Waals surface area contributed by atoms with Crippen LogP contribution in [0.2, 0.25) is 0 Å². The van der Waals surface area contributed by atoms with E-state index in [0.29, 0.717) is 17.5 Å². The smallest absolute Gasteiger partial charge is 0.242 e. The van der Waals surface area contributed by atoms with Gasteiger partial charge in [0.05, 0.1) is 4.90 Å². The van der Waals surface area contributed by atoms with Crippen LogP contribution >= 0.6 is 0 Å². The molecule has 23 heavy (non-hydrogen) atoms. The number of hydrogen-bond acceptors (Lipinski definition) is 3. The molecule has 1 saturated carbocycles. The van der Waals surface area contributed by atoms with E-state index >= 15 is 0 Å². The molecule has 0 heterocycles. The first-order valence-electron chi connectivity index (χ1n) is 8.69. The van der Waals surface area contributed by atoms with Crippen molar-refractivity contribution in [3.8, 4) is 0 Å². The van der Waals surface area contributed by atoms with Gasteiger partial charge < -0.3 is 5.32 Å². The van der Waals surface area contributed by atoms with Crippen LogP contribution < -0.4 is 5.32 Å². The van der Waals surface area contributed by atoms with Gasteiger partial charge in [-0.15, -0.1) is 0 Å². The van der Waals surface area contributed by atoms with Crippen molar-refractivity contribution in [1.82, 2.24) is 9.62 Å². The van der Waals surface area contributed by atoms with Gasteiger partial charge in [0.2, 0.25) is 10.0 Å². The first kappa shape index (κ1) is 18.4. The van der Waals surface area contributed by atoms with E-state index in [1.807, 2.05) is 12.1 Å². The maximum absolute atomic E-state index is 12.4. The normalized spacial score (nSPS) is 22.4. The second kappa shape index (κ2) is 8.27. The second-order valence-electron chi connectivity index (χ2n) is 6.78. The van der Waals surface area contributed by atoms with Gasteiger partial charge in [0.25, 0.3) is 0 Å². The molecule has 1 fully saturated rings. The lowest BCUT2D eigenvalue weighted by molar-refractivity contribution is 0.277. The van der Waals surface area contributed by atoms with Gasteiger partial charge in [-0.2, -0.15) is 0 Å². The highest BCUT2D eigenvalue weighted by Crippen LogP contribution is 2.28. The molecule has 0 aromatic heterocycles. The molecule has 1 aromatic rings. The maximum atomic E-state index is 12.4. The lowest BCUT2D eigenvalue weighted by Crippen LogP contribution is -2.33. The first-order chi connectivity index (χ1) is 10.9. The van der Waals surface area contributed by atoms with E-state index in [-0.39, 0.29) is 0 Å². The molecule has 0 unspecified atom stereocenters. The van der Waals surface area contributed by atoms with E-state index in [9.17, 15) is 8.42 Å². The SMILES string of the molecule is CCCC1CCC(NCc2ccccc2S(=O)(=O)N(C)C)CC1. The van der Waals surface area contributed by atoms with Crippen LogP contribution in [0, 0.1) is 5.92 Å². The molecule has 0 saturated heterocycles. The molecule has 1 aromatic carbocycles. The van der Waals surface area contributed by atoms with Crippen molar-refractivity contribution in [2.24, 2.45) is 5.92 Å². The minimum absolute atomic E-state index is 0.414. The van der Waals surface area contributed by atoms with Gasteiger partial charge in [0.15, 0.2) is 0 Å². The lowest BCUT2D eigenvalue weighted by atomic mass is 9.83. The van der Waals surface area contributed by atoms with Crippen molar-refractivity contribution < 1.29 is 8.42 Å². The zero-order chi connectivity index (χ0) is 16.9. The summed E-state index contributed by atoms with van der Waals surface area (Å²) in [6.07, 6.45) is 7.61. The number of benzene rings is 1. The van der Waals surface area contributed by atoms with Crippen molar-refractivity contribution in [3.63, 3.8) is 0 Å². The van der Waals surface area contributed by atoms with Crippen molar-refractivity contribution in [1.29, 1.82) is 0 Å². The average molecular weight is 339 g/mol. The predicted molar refractivity (Wildman–Crippen MR) is 94.8 cm³/mol. The Morgan fingerprint density at radius 1 is 1.13 bits per heavy atom. The molecule has 0 amide bonds. The zero-order valence-corrected chi connectivity index (χ0v) is 15.4. The van der Waals surface area contributed by atoms with Gasteiger partial charge in [0, 0.05) is 26.7 Å². The topological polar surface area (TPSA) is 49.4 Å². The summed E-state index contributed by atoms with van der Waals surface area (Å²) in [5.74, 6) is 0.888. The Hall–Kier alpha value is -0.910. The van der Waals surface area contributed by atoms with Gasteiger partial charge in [0.1, 0.15) is 0 Å². The van der Waals surface area contributed by atoms with E-state index < -0.39 is 10.0 Å². The van der Waals surface area contributed by atoms with Gasteiger partial charge in [-0.25, -0.2) is 12.7 Å². The third-order valence-electron chi connectivity index (χ3n) is 4.86. The predicted octanol–water partition coefficient (Wildman–Crippen LogP) is 3.39. The summed E-state index contributed by atoms with van der Waals surface area (Å²) in [5, 5.41) is 3.57. The van der Waals surface area contributed by atoms with E-state index in [4.69, 9.17) is 0 Å². The monoisotopic (exact) mass is 338 g/mol. The summed E-state index contributed by atoms with van der Waals surface area (Å²) in [6.45, 7) is 2.87. The molecular weight excluding hydrogens is 308 g/mol. The number of rotatable bonds is 7. The standard InChI is InChI=1S/C18H30N2O2S/c1-4-7-15-10-12-17(13-11-15)19-14-16-8-5-6-9-18(16)23(21,22)20(2)3/h5-6,8-9,15,17,19H,4,7,10-14H2,1-3H3. The molecule has 1 N–H and O–H groups in total. The summed E-state index contributed by atoms with van der Waals surface area (Å²) in [4.78, 5) is 0.414. The highest BCUT2D eigenvalue weighted by molar-refractivity contribution is 7.89. The summed E-state index contributed by atoms with van der Waals surface area (Å²) in [6, 6.07) is 7.81. The quantitative estimate of drug-likeness (QED) is 0.829. The Morgan fingerprint density at radius 3 is 2.39 bits per heavy atom. The van der Waals surface area contributed by atoms with Crippen LogP contribution in [-0.2, 0) is 16.6 Å². The summed E-state index contributed by atoms with van der Waals surface area (Å²) in [5.41, 5.74) is 0.858. The summed E-state index contributed by atoms with van der Waals surface area (Å²) in [7, 11) is -0.227. The van der Waals surface area contributed by atoms with Crippen molar-refractivity contribution >= 4 is 10.0 Å². The van der Waals surface area contributed by atoms with Crippen LogP contribution in [0.1, 0.15) is 51.0 Å². The highest BCUT2D eigenvalue weighted by Gasteiger charge is 2.23. The zero-order valence-electron chi connectivity index (χ0n) is 14.6. The molecule has 1 aliphatic carbocycles. The average Bonchev–Trinajstić information content (AvgIpc) is 2.54. The van der Waals surface area contributed by atoms with Crippen LogP contribution in [0.15, 0.2) is 29.2 Å². The van der Waals surface area contributed by atoms with E-state index in [0.717, 1.165) is 11.5 Å². The number of nitrogens with zero attached hydrogens (tertiary/aromatic N) is 1. The van der Waals surface area contributed by atoms with Gasteiger partial charge in [-0.1, -0.05) is 38.0 Å². The molecule has 0 bridgehead atoms. The van der Waals surface area contributed by atoms with E-state index in [1.54, 1.807) is 26.2 Å². The fourth-order valence-electron chi connectivity index (χ4n) is 3.42. The number of hydrogen-bond donors (Lipinski definition) is 1. The van der Waals surface area contributed by atoms with Crippen molar-refractivity contribution in [2.45, 2.75) is 62.9 Å². The molecule has 0 aliphatic heterocycles. The second-order valence-corrected chi connectivity index (χ2v) is 8.90. The Balaban J connectivity index is 1.97. The Bertz CT molecular complexity index is 591. The first-order valence-corrected chi connectivity index (χ1v) is 10.1. The van der Waals surface area contributed by atoms with E-state index in [1.165, 1.54) is 42.8 Å². The minimum atomic E-state index is -3.38. The Labute approximate surface area is 141 Å². The van der Waals surface area contributed by atoms with Gasteiger partial charge in [-0.3, -0.25) is 0 Å². The molecular formula is C18H30N2O2S. The molecule has 0 spiro atoms. The van der Waals surface area contributed by atoms with Gasteiger partial charge in [-0.05, 0) is 43.2 Å². The third-order valence-corrected chi connectivity index (χ3v) is 6.77. The van der Waals surface area contributed by atoms with Crippen molar-refractivity contribution in [3.05, 3.63) is 29.8 Å². The van der Waals surface area contributed by atoms with Crippen molar-refractivity contribution in [2.75, 3.05) is 14.1 Å². The molecule has 4 nitrogen and oxygen atoms in total. The Morgan fingerprint density at radius 2 is 1.78 bits per heavy atom. The molecule has 5 heteroatoms. The molecule has 0 atom stereocenters. The number of sulfonamides is 1. The van der Waals surface area contributed by atoms with Gasteiger partial charge >= 0.3 is 0 Å². The summed E-state index contributed by atoms with van der Waals surface area (Å²) >= 11 is 0. The largest absolute Gasteiger partial charge is 0.310 e. The molecule has 2 rings (SSSR count). The number of nitrogens with one attached hydrogen (secondary N) is 1. The molecule has 130 valence electrons. The maximum Gasteiger partial charge on any atom is 0.242 e. The molecule has 1 aliphatic rings. The highest BCUT2D eigenvalue weighted by atomic mass is 32.2. The fourth-order valence-corrected chi connectivity index (χ4v) is 4.53. The molecule has 0 radical (unpaired) electrons. The van der Waals surface area contributed by atoms with Crippen LogP contribution in [0.5, 0.6) is 0 Å².